The number of halogens is 1. The molecule has 2 saturated heterocycles. The van der Waals surface area contributed by atoms with Crippen LogP contribution in [0.2, 0.25) is 5.02 Å². The molecule has 4 rings (SSSR count). The first-order valence-corrected chi connectivity index (χ1v) is 13.3. The molecule has 2 aromatic carbocycles. The highest BCUT2D eigenvalue weighted by molar-refractivity contribution is 8.18. The molecule has 0 saturated carbocycles. The zero-order valence-electron chi connectivity index (χ0n) is 20.5. The zero-order chi connectivity index (χ0) is 26.4. The standard InChI is InChI=1S/C27H28ClN3O5S/c1-18-6-9-20(10-7-18)29-24(32)17-36-22-11-8-19(14-21(22)28)15-23-26(34)31(27(35)37-23)16-25(33)30-12-4-2-3-5-13-30/h6-11,14-15H,2-5,12-13,16-17H2,1H3,(H,29,32). The topological polar surface area (TPSA) is 96.0 Å². The number of carbonyl (C=O) groups excluding carboxylic acids is 4. The summed E-state index contributed by atoms with van der Waals surface area (Å²) in [5, 5.41) is 2.54. The van der Waals surface area contributed by atoms with Crippen molar-refractivity contribution in [1.29, 1.82) is 0 Å². The van der Waals surface area contributed by atoms with E-state index in [9.17, 15) is 19.2 Å². The van der Waals surface area contributed by atoms with E-state index in [1.54, 1.807) is 29.2 Å². The van der Waals surface area contributed by atoms with Crippen LogP contribution in [0.4, 0.5) is 10.5 Å². The van der Waals surface area contributed by atoms with Crippen LogP contribution >= 0.6 is 23.4 Å². The number of aryl methyl sites for hydroxylation is 1. The van der Waals surface area contributed by atoms with Gasteiger partial charge in [-0.25, -0.2) is 0 Å². The summed E-state index contributed by atoms with van der Waals surface area (Å²) in [5.41, 5.74) is 2.35. The Morgan fingerprint density at radius 2 is 1.76 bits per heavy atom. The van der Waals surface area contributed by atoms with Crippen molar-refractivity contribution in [2.45, 2.75) is 32.6 Å². The van der Waals surface area contributed by atoms with Gasteiger partial charge in [0, 0.05) is 18.8 Å². The Kier molecular flexibility index (Phi) is 8.89. The van der Waals surface area contributed by atoms with Crippen molar-refractivity contribution in [3.05, 3.63) is 63.5 Å². The van der Waals surface area contributed by atoms with Crippen LogP contribution in [-0.2, 0) is 14.4 Å². The first kappa shape index (κ1) is 26.8. The van der Waals surface area contributed by atoms with E-state index in [-0.39, 0.29) is 34.9 Å². The van der Waals surface area contributed by atoms with Gasteiger partial charge in [-0.3, -0.25) is 24.1 Å². The number of imide groups is 1. The average Bonchev–Trinajstić information content (AvgIpc) is 3.05. The summed E-state index contributed by atoms with van der Waals surface area (Å²) in [4.78, 5) is 53.1. The number of nitrogens with zero attached hydrogens (tertiary/aromatic N) is 2. The number of benzene rings is 2. The number of likely N-dealkylation sites (tertiary alicyclic amines) is 1. The largest absolute Gasteiger partial charge is 0.482 e. The SMILES string of the molecule is Cc1ccc(NC(=O)COc2ccc(C=C3SC(=O)N(CC(=O)N4CCCCCC4)C3=O)cc2Cl)cc1. The Morgan fingerprint density at radius 1 is 1.05 bits per heavy atom. The van der Waals surface area contributed by atoms with E-state index < -0.39 is 11.1 Å². The van der Waals surface area contributed by atoms with Gasteiger partial charge in [-0.15, -0.1) is 0 Å². The fraction of sp³-hybridized carbons (Fsp3) is 0.333. The third-order valence-electron chi connectivity index (χ3n) is 6.07. The first-order chi connectivity index (χ1) is 17.8. The summed E-state index contributed by atoms with van der Waals surface area (Å²) in [6.07, 6.45) is 5.60. The minimum Gasteiger partial charge on any atom is -0.482 e. The minimum atomic E-state index is -0.498. The average molecular weight is 542 g/mol. The predicted octanol–water partition coefficient (Wildman–Crippen LogP) is 5.10. The molecule has 1 N–H and O–H groups in total. The number of carbonyl (C=O) groups is 4. The van der Waals surface area contributed by atoms with Crippen molar-refractivity contribution in [2.24, 2.45) is 0 Å². The molecule has 0 aliphatic carbocycles. The molecule has 2 aliphatic heterocycles. The van der Waals surface area contributed by atoms with Gasteiger partial charge in [0.15, 0.2) is 6.61 Å². The second-order valence-corrected chi connectivity index (χ2v) is 10.4. The van der Waals surface area contributed by atoms with E-state index in [1.807, 2.05) is 31.2 Å². The van der Waals surface area contributed by atoms with E-state index in [0.717, 1.165) is 47.9 Å². The smallest absolute Gasteiger partial charge is 0.294 e. The highest BCUT2D eigenvalue weighted by atomic mass is 35.5. The van der Waals surface area contributed by atoms with Crippen molar-refractivity contribution in [2.75, 3.05) is 31.6 Å². The molecule has 2 heterocycles. The Balaban J connectivity index is 1.34. The monoisotopic (exact) mass is 541 g/mol. The molecule has 37 heavy (non-hydrogen) atoms. The second kappa shape index (κ2) is 12.3. The van der Waals surface area contributed by atoms with Crippen LogP contribution in [0, 0.1) is 6.92 Å². The summed E-state index contributed by atoms with van der Waals surface area (Å²) < 4.78 is 5.54. The first-order valence-electron chi connectivity index (χ1n) is 12.1. The number of anilines is 1. The number of nitrogens with one attached hydrogen (secondary N) is 1. The zero-order valence-corrected chi connectivity index (χ0v) is 22.1. The van der Waals surface area contributed by atoms with Crippen molar-refractivity contribution in [3.63, 3.8) is 0 Å². The van der Waals surface area contributed by atoms with Gasteiger partial charge < -0.3 is 15.0 Å². The van der Waals surface area contributed by atoms with Gasteiger partial charge in [0.2, 0.25) is 5.91 Å². The maximum Gasteiger partial charge on any atom is 0.294 e. The van der Waals surface area contributed by atoms with Crippen molar-refractivity contribution >= 4 is 58.1 Å². The summed E-state index contributed by atoms with van der Waals surface area (Å²) in [5.74, 6) is -0.717. The van der Waals surface area contributed by atoms with Crippen molar-refractivity contribution in [1.82, 2.24) is 9.80 Å². The predicted molar refractivity (Wildman–Crippen MR) is 144 cm³/mol. The van der Waals surface area contributed by atoms with Gasteiger partial charge in [0.1, 0.15) is 12.3 Å². The van der Waals surface area contributed by atoms with Gasteiger partial charge >= 0.3 is 0 Å². The van der Waals surface area contributed by atoms with Crippen LogP contribution in [0.5, 0.6) is 5.75 Å². The van der Waals surface area contributed by atoms with E-state index in [4.69, 9.17) is 16.3 Å². The van der Waals surface area contributed by atoms with E-state index in [0.29, 0.717) is 30.1 Å². The third-order valence-corrected chi connectivity index (χ3v) is 7.28. The van der Waals surface area contributed by atoms with Crippen molar-refractivity contribution in [3.8, 4) is 5.75 Å². The molecule has 0 aromatic heterocycles. The van der Waals surface area contributed by atoms with Gasteiger partial charge in [-0.1, -0.05) is 48.2 Å². The Bertz CT molecular complexity index is 1220. The number of ether oxygens (including phenoxy) is 1. The van der Waals surface area contributed by atoms with E-state index in [1.165, 1.54) is 0 Å². The molecule has 4 amide bonds. The highest BCUT2D eigenvalue weighted by Gasteiger charge is 2.37. The van der Waals surface area contributed by atoms with Crippen LogP contribution in [0.25, 0.3) is 6.08 Å². The van der Waals surface area contributed by atoms with Crippen LogP contribution in [0.1, 0.15) is 36.8 Å². The minimum absolute atomic E-state index is 0.207. The number of hydrogen-bond acceptors (Lipinski definition) is 6. The molecule has 8 nitrogen and oxygen atoms in total. The fourth-order valence-electron chi connectivity index (χ4n) is 4.04. The molecule has 10 heteroatoms. The van der Waals surface area contributed by atoms with Crippen LogP contribution < -0.4 is 10.1 Å². The molecular weight excluding hydrogens is 514 g/mol. The lowest BCUT2D eigenvalue weighted by molar-refractivity contribution is -0.135. The van der Waals surface area contributed by atoms with Gasteiger partial charge in [0.05, 0.1) is 9.93 Å². The molecule has 194 valence electrons. The lowest BCUT2D eigenvalue weighted by Gasteiger charge is -2.22. The Hall–Kier alpha value is -3.30. The van der Waals surface area contributed by atoms with Gasteiger partial charge in [-0.05, 0) is 67.4 Å². The molecule has 2 aromatic rings. The number of rotatable bonds is 7. The lowest BCUT2D eigenvalue weighted by Crippen LogP contribution is -2.42. The highest BCUT2D eigenvalue weighted by Crippen LogP contribution is 2.34. The third kappa shape index (κ3) is 7.14. The van der Waals surface area contributed by atoms with Crippen LogP contribution in [0.3, 0.4) is 0 Å². The summed E-state index contributed by atoms with van der Waals surface area (Å²) in [6.45, 7) is 2.80. The fourth-order valence-corrected chi connectivity index (χ4v) is 5.13. The number of amides is 4. The van der Waals surface area contributed by atoms with Gasteiger partial charge in [-0.2, -0.15) is 0 Å². The maximum atomic E-state index is 12.8. The Labute approximate surface area is 225 Å². The molecule has 0 radical (unpaired) electrons. The molecule has 0 spiro atoms. The molecule has 2 aliphatic rings. The molecule has 2 fully saturated rings. The number of thioether (sulfide) groups is 1. The number of hydrogen-bond donors (Lipinski definition) is 1. The molecular formula is C27H28ClN3O5S. The van der Waals surface area contributed by atoms with Crippen molar-refractivity contribution < 1.29 is 23.9 Å². The van der Waals surface area contributed by atoms with Gasteiger partial charge in [0.25, 0.3) is 17.1 Å². The van der Waals surface area contributed by atoms with Crippen LogP contribution in [-0.4, -0.2) is 59.0 Å². The molecule has 0 atom stereocenters. The summed E-state index contributed by atoms with van der Waals surface area (Å²) in [6, 6.07) is 12.3. The summed E-state index contributed by atoms with van der Waals surface area (Å²) >= 11 is 7.13. The van der Waals surface area contributed by atoms with Crippen LogP contribution in [0.15, 0.2) is 47.4 Å². The quantitative estimate of drug-likeness (QED) is 0.490. The summed E-state index contributed by atoms with van der Waals surface area (Å²) in [7, 11) is 0. The van der Waals surface area contributed by atoms with E-state index in [2.05, 4.69) is 5.32 Å². The van der Waals surface area contributed by atoms with E-state index >= 15 is 0 Å². The normalized spacial score (nSPS) is 17.2. The Morgan fingerprint density at radius 3 is 2.43 bits per heavy atom. The maximum absolute atomic E-state index is 12.8. The lowest BCUT2D eigenvalue weighted by atomic mass is 10.2. The second-order valence-electron chi connectivity index (χ2n) is 8.96. The molecule has 0 unspecified atom stereocenters. The molecule has 0 bridgehead atoms.